The molecule has 3 nitrogen and oxygen atoms in total. The van der Waals surface area contributed by atoms with Crippen LogP contribution < -0.4 is 4.74 Å². The number of hydrogen-bond acceptors (Lipinski definition) is 3. The molecule has 0 unspecified atom stereocenters. The predicted molar refractivity (Wildman–Crippen MR) is 99.5 cm³/mol. The molecular weight excluding hydrogens is 298 g/mol. The van der Waals surface area contributed by atoms with Crippen LogP contribution in [0.5, 0.6) is 5.75 Å². The molecular formula is C21H27NO2. The van der Waals surface area contributed by atoms with Gasteiger partial charge in [-0.15, -0.1) is 0 Å². The van der Waals surface area contributed by atoms with Gasteiger partial charge < -0.3 is 9.47 Å². The van der Waals surface area contributed by atoms with Crippen LogP contribution in [0.1, 0.15) is 51.3 Å². The second-order valence-electron chi connectivity index (χ2n) is 6.39. The first-order valence-electron chi connectivity index (χ1n) is 8.96. The van der Waals surface area contributed by atoms with Gasteiger partial charge in [-0.2, -0.15) is 0 Å². The van der Waals surface area contributed by atoms with E-state index in [0.29, 0.717) is 12.2 Å². The van der Waals surface area contributed by atoms with E-state index in [2.05, 4.69) is 30.1 Å². The Morgan fingerprint density at radius 1 is 1.12 bits per heavy atom. The highest BCUT2D eigenvalue weighted by Crippen LogP contribution is 2.41. The van der Waals surface area contributed by atoms with Gasteiger partial charge in [0, 0.05) is 17.1 Å². The molecule has 0 radical (unpaired) electrons. The summed E-state index contributed by atoms with van der Waals surface area (Å²) in [4.78, 5) is 4.61. The zero-order chi connectivity index (χ0) is 17.3. The molecule has 0 amide bonds. The molecule has 24 heavy (non-hydrogen) atoms. The third kappa shape index (κ3) is 2.93. The highest BCUT2D eigenvalue weighted by molar-refractivity contribution is 5.89. The average Bonchev–Trinajstić information content (AvgIpc) is 3.02. The molecule has 2 atom stereocenters. The Balaban J connectivity index is 0.000000815. The fourth-order valence-electron chi connectivity index (χ4n) is 3.78. The van der Waals surface area contributed by atoms with E-state index in [1.54, 1.807) is 7.11 Å². The molecule has 0 spiro atoms. The lowest BCUT2D eigenvalue weighted by molar-refractivity contribution is 0.0599. The summed E-state index contributed by atoms with van der Waals surface area (Å²) in [6, 6.07) is 8.53. The Morgan fingerprint density at radius 3 is 2.67 bits per heavy atom. The van der Waals surface area contributed by atoms with Crippen molar-refractivity contribution in [2.24, 2.45) is 0 Å². The first-order chi connectivity index (χ1) is 11.7. The molecule has 4 rings (SSSR count). The number of nitrogens with zero attached hydrogens (tertiary/aromatic N) is 1. The molecule has 2 aliphatic heterocycles. The summed E-state index contributed by atoms with van der Waals surface area (Å²) < 4.78 is 11.6. The van der Waals surface area contributed by atoms with E-state index in [1.165, 1.54) is 23.1 Å². The highest BCUT2D eigenvalue weighted by atomic mass is 16.5. The molecule has 1 saturated heterocycles. The molecule has 2 aliphatic rings. The molecule has 1 fully saturated rings. The standard InChI is InChI=1S/C19H21NO2.C2H6/c1-11-8-19(21-3)16-9-13(4-6-17(16)20-11)15-10-14-5-7-18(22-14)12(15)2;1-2/h4,6,8-9,14,18H,5,7,10H2,1-3H3;1-2H3/t14-,18+;/m1./s1. The van der Waals surface area contributed by atoms with Gasteiger partial charge in [-0.25, -0.2) is 0 Å². The van der Waals surface area contributed by atoms with Crippen molar-refractivity contribution < 1.29 is 9.47 Å². The van der Waals surface area contributed by atoms with Gasteiger partial charge in [-0.1, -0.05) is 19.9 Å². The molecule has 3 heteroatoms. The topological polar surface area (TPSA) is 31.4 Å². The number of aromatic nitrogens is 1. The Kier molecular flexibility index (Phi) is 4.91. The normalized spacial score (nSPS) is 22.4. The Morgan fingerprint density at radius 2 is 1.92 bits per heavy atom. The summed E-state index contributed by atoms with van der Waals surface area (Å²) in [5.74, 6) is 0.901. The third-order valence-electron chi connectivity index (χ3n) is 4.97. The van der Waals surface area contributed by atoms with Crippen molar-refractivity contribution in [2.45, 2.75) is 59.2 Å². The van der Waals surface area contributed by atoms with Gasteiger partial charge in [0.15, 0.2) is 0 Å². The van der Waals surface area contributed by atoms with E-state index in [-0.39, 0.29) is 0 Å². The second kappa shape index (κ2) is 6.94. The van der Waals surface area contributed by atoms with Gasteiger partial charge in [0.2, 0.25) is 0 Å². The smallest absolute Gasteiger partial charge is 0.130 e. The van der Waals surface area contributed by atoms with Crippen LogP contribution >= 0.6 is 0 Å². The molecule has 2 aromatic rings. The number of pyridine rings is 1. The Bertz CT molecular complexity index is 779. The highest BCUT2D eigenvalue weighted by Gasteiger charge is 2.33. The van der Waals surface area contributed by atoms with E-state index in [0.717, 1.165) is 35.2 Å². The summed E-state index contributed by atoms with van der Waals surface area (Å²) in [6.07, 6.45) is 4.09. The van der Waals surface area contributed by atoms with Crippen LogP contribution in [0, 0.1) is 6.92 Å². The van der Waals surface area contributed by atoms with Crippen molar-refractivity contribution in [3.8, 4) is 5.75 Å². The fraction of sp³-hybridized carbons (Fsp3) is 0.476. The maximum absolute atomic E-state index is 6.01. The molecule has 0 aliphatic carbocycles. The SMILES string of the molecule is CC.COc1cc(C)nc2ccc(C3=C(C)[C@@H]4CC[C@H](C3)O4)cc12. The number of fused-ring (bicyclic) bond motifs is 3. The van der Waals surface area contributed by atoms with Crippen LogP contribution in [0.2, 0.25) is 0 Å². The maximum atomic E-state index is 6.01. The van der Waals surface area contributed by atoms with Crippen molar-refractivity contribution >= 4 is 16.5 Å². The monoisotopic (exact) mass is 325 g/mol. The quantitative estimate of drug-likeness (QED) is 0.750. The minimum absolute atomic E-state index is 0.322. The van der Waals surface area contributed by atoms with Gasteiger partial charge in [0.1, 0.15) is 5.75 Å². The van der Waals surface area contributed by atoms with Crippen LogP contribution in [-0.2, 0) is 4.74 Å². The van der Waals surface area contributed by atoms with Gasteiger partial charge in [-0.3, -0.25) is 4.98 Å². The van der Waals surface area contributed by atoms with Crippen LogP contribution in [-0.4, -0.2) is 24.3 Å². The minimum atomic E-state index is 0.322. The van der Waals surface area contributed by atoms with E-state index in [1.807, 2.05) is 26.8 Å². The Hall–Kier alpha value is -1.87. The predicted octanol–water partition coefficient (Wildman–Crippen LogP) is 5.30. The molecule has 128 valence electrons. The minimum Gasteiger partial charge on any atom is -0.496 e. The fourth-order valence-corrected chi connectivity index (χ4v) is 3.78. The average molecular weight is 325 g/mol. The van der Waals surface area contributed by atoms with E-state index in [4.69, 9.17) is 9.47 Å². The van der Waals surface area contributed by atoms with E-state index >= 15 is 0 Å². The largest absolute Gasteiger partial charge is 0.496 e. The summed E-state index contributed by atoms with van der Waals surface area (Å²) >= 11 is 0. The molecule has 0 saturated carbocycles. The summed E-state index contributed by atoms with van der Waals surface area (Å²) in [5.41, 5.74) is 6.11. The molecule has 0 N–H and O–H groups in total. The maximum Gasteiger partial charge on any atom is 0.130 e. The number of methoxy groups -OCH3 is 1. The lowest BCUT2D eigenvalue weighted by atomic mass is 9.92. The lowest BCUT2D eigenvalue weighted by Gasteiger charge is -2.25. The van der Waals surface area contributed by atoms with E-state index < -0.39 is 0 Å². The number of benzene rings is 1. The van der Waals surface area contributed by atoms with Crippen LogP contribution in [0.15, 0.2) is 29.8 Å². The van der Waals surface area contributed by atoms with Crippen molar-refractivity contribution in [1.82, 2.24) is 4.98 Å². The first kappa shape index (κ1) is 17.0. The van der Waals surface area contributed by atoms with Crippen LogP contribution in [0.4, 0.5) is 0 Å². The summed E-state index contributed by atoms with van der Waals surface area (Å²) in [6.45, 7) is 8.22. The Labute approximate surface area is 144 Å². The number of aryl methyl sites for hydroxylation is 1. The summed E-state index contributed by atoms with van der Waals surface area (Å²) in [7, 11) is 1.72. The molecule has 3 heterocycles. The van der Waals surface area contributed by atoms with Gasteiger partial charge in [-0.05, 0) is 62.0 Å². The number of rotatable bonds is 2. The van der Waals surface area contributed by atoms with Gasteiger partial charge in [0.05, 0.1) is 24.8 Å². The summed E-state index contributed by atoms with van der Waals surface area (Å²) in [5, 5.41) is 1.09. The van der Waals surface area contributed by atoms with Gasteiger partial charge in [0.25, 0.3) is 0 Å². The van der Waals surface area contributed by atoms with E-state index in [9.17, 15) is 0 Å². The second-order valence-corrected chi connectivity index (χ2v) is 6.39. The first-order valence-corrected chi connectivity index (χ1v) is 8.96. The van der Waals surface area contributed by atoms with Crippen molar-refractivity contribution in [2.75, 3.05) is 7.11 Å². The number of hydrogen-bond donors (Lipinski definition) is 0. The van der Waals surface area contributed by atoms with Crippen LogP contribution in [0.25, 0.3) is 16.5 Å². The van der Waals surface area contributed by atoms with Gasteiger partial charge >= 0.3 is 0 Å². The van der Waals surface area contributed by atoms with Crippen LogP contribution in [0.3, 0.4) is 0 Å². The number of ether oxygens (including phenoxy) is 2. The molecule has 1 aromatic heterocycles. The van der Waals surface area contributed by atoms with Crippen molar-refractivity contribution in [1.29, 1.82) is 0 Å². The van der Waals surface area contributed by atoms with Crippen molar-refractivity contribution in [3.05, 3.63) is 41.1 Å². The van der Waals surface area contributed by atoms with Crippen molar-refractivity contribution in [3.63, 3.8) is 0 Å². The molecule has 1 aromatic carbocycles. The zero-order valence-corrected chi connectivity index (χ0v) is 15.3. The zero-order valence-electron chi connectivity index (χ0n) is 15.3. The third-order valence-corrected chi connectivity index (χ3v) is 4.97. The molecule has 2 bridgehead atoms. The lowest BCUT2D eigenvalue weighted by Crippen LogP contribution is -2.19.